The molecule has 0 saturated carbocycles. The van der Waals surface area contributed by atoms with Gasteiger partial charge >= 0.3 is 0 Å². The number of rotatable bonds is 2. The Kier molecular flexibility index (Phi) is 3.54. The van der Waals surface area contributed by atoms with Crippen molar-refractivity contribution in [3.8, 4) is 0 Å². The minimum Gasteiger partial charge on any atom is -0.397 e. The standard InChI is InChI=1S/C12H9BrClFN2/c13-9-5-7(14)1-3-11(9)17-12-4-2-8(15)6-10(12)16/h1-6,17H,16H2. The molecule has 0 bridgehead atoms. The lowest BCUT2D eigenvalue weighted by molar-refractivity contribution is 0.628. The lowest BCUT2D eigenvalue weighted by Crippen LogP contribution is -1.97. The molecule has 2 aromatic rings. The fourth-order valence-electron chi connectivity index (χ4n) is 1.38. The van der Waals surface area contributed by atoms with E-state index >= 15 is 0 Å². The Morgan fingerprint density at radius 2 is 1.82 bits per heavy atom. The maximum atomic E-state index is 12.9. The zero-order valence-corrected chi connectivity index (χ0v) is 11.0. The van der Waals surface area contributed by atoms with Crippen LogP contribution in [0.4, 0.5) is 21.5 Å². The van der Waals surface area contributed by atoms with Crippen molar-refractivity contribution in [2.45, 2.75) is 0 Å². The Hall–Kier alpha value is -1.26. The molecule has 0 spiro atoms. The average molecular weight is 316 g/mol. The van der Waals surface area contributed by atoms with E-state index in [1.807, 2.05) is 6.07 Å². The van der Waals surface area contributed by atoms with Crippen molar-refractivity contribution in [2.24, 2.45) is 0 Å². The molecule has 0 saturated heterocycles. The molecule has 5 heteroatoms. The van der Waals surface area contributed by atoms with Gasteiger partial charge < -0.3 is 11.1 Å². The summed E-state index contributed by atoms with van der Waals surface area (Å²) in [5.74, 6) is -0.358. The van der Waals surface area contributed by atoms with Crippen LogP contribution in [0, 0.1) is 5.82 Å². The van der Waals surface area contributed by atoms with Crippen LogP contribution in [0.2, 0.25) is 5.02 Å². The lowest BCUT2D eigenvalue weighted by Gasteiger charge is -2.11. The van der Waals surface area contributed by atoms with Crippen LogP contribution in [0.25, 0.3) is 0 Å². The molecule has 0 radical (unpaired) electrons. The average Bonchev–Trinajstić information content (AvgIpc) is 2.25. The molecule has 2 rings (SSSR count). The minimum atomic E-state index is -0.358. The van der Waals surface area contributed by atoms with E-state index in [2.05, 4.69) is 21.2 Å². The second-order valence-corrected chi connectivity index (χ2v) is 4.77. The fourth-order valence-corrected chi connectivity index (χ4v) is 2.17. The maximum absolute atomic E-state index is 12.9. The van der Waals surface area contributed by atoms with Gasteiger partial charge in [-0.1, -0.05) is 11.6 Å². The molecule has 0 aliphatic carbocycles. The van der Waals surface area contributed by atoms with Crippen LogP contribution in [0.15, 0.2) is 40.9 Å². The first-order chi connectivity index (χ1) is 8.06. The van der Waals surface area contributed by atoms with Crippen molar-refractivity contribution >= 4 is 44.6 Å². The smallest absolute Gasteiger partial charge is 0.125 e. The van der Waals surface area contributed by atoms with E-state index in [9.17, 15) is 4.39 Å². The Balaban J connectivity index is 2.31. The highest BCUT2D eigenvalue weighted by Gasteiger charge is 2.04. The molecule has 0 atom stereocenters. The van der Waals surface area contributed by atoms with E-state index in [0.717, 1.165) is 10.2 Å². The van der Waals surface area contributed by atoms with Gasteiger partial charge in [0.15, 0.2) is 0 Å². The topological polar surface area (TPSA) is 38.0 Å². The zero-order valence-electron chi connectivity index (χ0n) is 8.68. The SMILES string of the molecule is Nc1cc(F)ccc1Nc1ccc(Cl)cc1Br. The third-order valence-corrected chi connectivity index (χ3v) is 3.11. The fraction of sp³-hybridized carbons (Fsp3) is 0. The molecule has 0 aromatic heterocycles. The molecular formula is C12H9BrClFN2. The van der Waals surface area contributed by atoms with Gasteiger partial charge in [-0.2, -0.15) is 0 Å². The Morgan fingerprint density at radius 3 is 2.47 bits per heavy atom. The minimum absolute atomic E-state index is 0.354. The highest BCUT2D eigenvalue weighted by molar-refractivity contribution is 9.10. The summed E-state index contributed by atoms with van der Waals surface area (Å²) in [6, 6.07) is 9.55. The maximum Gasteiger partial charge on any atom is 0.125 e. The molecular weight excluding hydrogens is 307 g/mol. The third-order valence-electron chi connectivity index (χ3n) is 2.21. The van der Waals surface area contributed by atoms with Crippen LogP contribution >= 0.6 is 27.5 Å². The summed E-state index contributed by atoms with van der Waals surface area (Å²) in [6.07, 6.45) is 0. The van der Waals surface area contributed by atoms with E-state index in [1.54, 1.807) is 18.2 Å². The number of hydrogen-bond acceptors (Lipinski definition) is 2. The number of benzene rings is 2. The first-order valence-electron chi connectivity index (χ1n) is 4.83. The molecule has 2 nitrogen and oxygen atoms in total. The molecule has 0 amide bonds. The van der Waals surface area contributed by atoms with Gasteiger partial charge in [0.25, 0.3) is 0 Å². The van der Waals surface area contributed by atoms with E-state index in [0.29, 0.717) is 16.4 Å². The molecule has 3 N–H and O–H groups in total. The number of anilines is 3. The van der Waals surface area contributed by atoms with Gasteiger partial charge in [0.2, 0.25) is 0 Å². The summed E-state index contributed by atoms with van der Waals surface area (Å²) in [7, 11) is 0. The summed E-state index contributed by atoms with van der Waals surface area (Å²) in [6.45, 7) is 0. The normalized spacial score (nSPS) is 10.3. The van der Waals surface area contributed by atoms with Crippen LogP contribution in [-0.2, 0) is 0 Å². The third kappa shape index (κ3) is 2.90. The quantitative estimate of drug-likeness (QED) is 0.797. The Labute approximate surface area is 112 Å². The van der Waals surface area contributed by atoms with Crippen molar-refractivity contribution < 1.29 is 4.39 Å². The van der Waals surface area contributed by atoms with E-state index in [4.69, 9.17) is 17.3 Å². The van der Waals surface area contributed by atoms with Gasteiger partial charge in [-0.25, -0.2) is 4.39 Å². The number of halogens is 3. The summed E-state index contributed by atoms with van der Waals surface area (Å²) >= 11 is 9.22. The monoisotopic (exact) mass is 314 g/mol. The number of nitrogens with one attached hydrogen (secondary N) is 1. The van der Waals surface area contributed by atoms with E-state index in [1.165, 1.54) is 12.1 Å². The molecule has 0 aliphatic heterocycles. The molecule has 0 heterocycles. The predicted molar refractivity (Wildman–Crippen MR) is 73.2 cm³/mol. The first-order valence-corrected chi connectivity index (χ1v) is 6.00. The number of nitrogen functional groups attached to an aromatic ring is 1. The van der Waals surface area contributed by atoms with Crippen molar-refractivity contribution in [3.05, 3.63) is 51.7 Å². The largest absolute Gasteiger partial charge is 0.397 e. The van der Waals surface area contributed by atoms with Crippen LogP contribution in [-0.4, -0.2) is 0 Å². The lowest BCUT2D eigenvalue weighted by atomic mass is 10.2. The summed E-state index contributed by atoms with van der Waals surface area (Å²) in [4.78, 5) is 0. The van der Waals surface area contributed by atoms with Crippen LogP contribution in [0.3, 0.4) is 0 Å². The molecule has 2 aromatic carbocycles. The Bertz CT molecular complexity index is 511. The molecule has 88 valence electrons. The summed E-state index contributed by atoms with van der Waals surface area (Å²) in [5.41, 5.74) is 7.52. The first kappa shape index (κ1) is 12.2. The van der Waals surface area contributed by atoms with Crippen molar-refractivity contribution in [2.75, 3.05) is 11.1 Å². The van der Waals surface area contributed by atoms with Gasteiger partial charge in [-0.3, -0.25) is 0 Å². The van der Waals surface area contributed by atoms with Crippen LogP contribution < -0.4 is 11.1 Å². The Morgan fingerprint density at radius 1 is 1.12 bits per heavy atom. The van der Waals surface area contributed by atoms with Crippen LogP contribution in [0.5, 0.6) is 0 Å². The summed E-state index contributed by atoms with van der Waals surface area (Å²) in [5, 5.41) is 3.73. The number of hydrogen-bond donors (Lipinski definition) is 2. The molecule has 0 fully saturated rings. The van der Waals surface area contributed by atoms with Crippen molar-refractivity contribution in [1.29, 1.82) is 0 Å². The van der Waals surface area contributed by atoms with Crippen molar-refractivity contribution in [1.82, 2.24) is 0 Å². The van der Waals surface area contributed by atoms with Gasteiger partial charge in [-0.05, 0) is 52.3 Å². The zero-order chi connectivity index (χ0) is 12.4. The molecule has 17 heavy (non-hydrogen) atoms. The van der Waals surface area contributed by atoms with Crippen LogP contribution in [0.1, 0.15) is 0 Å². The van der Waals surface area contributed by atoms with Crippen molar-refractivity contribution in [3.63, 3.8) is 0 Å². The van der Waals surface area contributed by atoms with Gasteiger partial charge in [0.1, 0.15) is 5.82 Å². The second-order valence-electron chi connectivity index (χ2n) is 3.48. The molecule has 0 unspecified atom stereocenters. The van der Waals surface area contributed by atoms with E-state index < -0.39 is 0 Å². The molecule has 0 aliphatic rings. The highest BCUT2D eigenvalue weighted by Crippen LogP contribution is 2.30. The summed E-state index contributed by atoms with van der Waals surface area (Å²) < 4.78 is 13.7. The van der Waals surface area contributed by atoms with Gasteiger partial charge in [0, 0.05) is 9.50 Å². The highest BCUT2D eigenvalue weighted by atomic mass is 79.9. The predicted octanol–water partition coefficient (Wildman–Crippen LogP) is 4.57. The number of nitrogens with two attached hydrogens (primary N) is 1. The van der Waals surface area contributed by atoms with Gasteiger partial charge in [-0.15, -0.1) is 0 Å². The van der Waals surface area contributed by atoms with Gasteiger partial charge in [0.05, 0.1) is 17.1 Å². The second kappa shape index (κ2) is 4.94. The van der Waals surface area contributed by atoms with E-state index in [-0.39, 0.29) is 5.82 Å².